The van der Waals surface area contributed by atoms with E-state index < -0.39 is 29.0 Å². The van der Waals surface area contributed by atoms with E-state index >= 15 is 0 Å². The van der Waals surface area contributed by atoms with Gasteiger partial charge in [-0.25, -0.2) is 0 Å². The molecule has 0 heterocycles. The molecule has 1 N–H and O–H groups in total. The van der Waals surface area contributed by atoms with Crippen molar-refractivity contribution in [2.75, 3.05) is 23.4 Å². The molecule has 212 valence electrons. The predicted molar refractivity (Wildman–Crippen MR) is 139 cm³/mol. The molecular formula is C29H27F6N3O2. The van der Waals surface area contributed by atoms with Gasteiger partial charge >= 0.3 is 12.4 Å². The average molecular weight is 564 g/mol. The number of nitriles is 1. The number of alkyl halides is 6. The molecule has 3 aromatic rings. The molecule has 0 bridgehead atoms. The number of hydrogen-bond donors (Lipinski definition) is 1. The maximum atomic E-state index is 13.6. The minimum absolute atomic E-state index is 0.0979. The van der Waals surface area contributed by atoms with Gasteiger partial charge in [0.05, 0.1) is 29.4 Å². The fourth-order valence-corrected chi connectivity index (χ4v) is 3.96. The smallest absolute Gasteiger partial charge is 0.417 e. The maximum absolute atomic E-state index is 13.6. The van der Waals surface area contributed by atoms with Crippen LogP contribution >= 0.6 is 0 Å². The first-order valence-corrected chi connectivity index (χ1v) is 12.5. The first-order chi connectivity index (χ1) is 18.9. The second-order valence-electron chi connectivity index (χ2n) is 8.98. The lowest BCUT2D eigenvalue weighted by molar-refractivity contribution is -0.138. The summed E-state index contributed by atoms with van der Waals surface area (Å²) in [5.41, 5.74) is -1.56. The molecule has 0 atom stereocenters. The number of anilines is 2. The summed E-state index contributed by atoms with van der Waals surface area (Å²) >= 11 is 0. The molecule has 0 aromatic heterocycles. The van der Waals surface area contributed by atoms with E-state index in [-0.39, 0.29) is 36.9 Å². The van der Waals surface area contributed by atoms with Gasteiger partial charge in [0.15, 0.2) is 0 Å². The summed E-state index contributed by atoms with van der Waals surface area (Å²) < 4.78 is 86.1. The minimum atomic E-state index is -4.78. The monoisotopic (exact) mass is 563 g/mol. The molecule has 0 aliphatic heterocycles. The van der Waals surface area contributed by atoms with Crippen LogP contribution in [-0.2, 0) is 23.7 Å². The lowest BCUT2D eigenvalue weighted by Gasteiger charge is -2.26. The minimum Gasteiger partial charge on any atom is -0.494 e. The molecule has 0 unspecified atom stereocenters. The molecule has 3 rings (SSSR count). The van der Waals surface area contributed by atoms with Gasteiger partial charge in [-0.3, -0.25) is 4.79 Å². The second kappa shape index (κ2) is 13.2. The Balaban J connectivity index is 1.75. The third kappa shape index (κ3) is 8.66. The van der Waals surface area contributed by atoms with Gasteiger partial charge in [0, 0.05) is 30.9 Å². The van der Waals surface area contributed by atoms with Crippen molar-refractivity contribution < 1.29 is 35.9 Å². The summed E-state index contributed by atoms with van der Waals surface area (Å²) in [7, 11) is 0. The van der Waals surface area contributed by atoms with E-state index in [1.807, 2.05) is 6.92 Å². The molecule has 5 nitrogen and oxygen atoms in total. The van der Waals surface area contributed by atoms with Crippen molar-refractivity contribution in [3.05, 3.63) is 89.0 Å². The van der Waals surface area contributed by atoms with Crippen molar-refractivity contribution in [1.29, 1.82) is 5.26 Å². The second-order valence-corrected chi connectivity index (χ2v) is 8.98. The van der Waals surface area contributed by atoms with Crippen LogP contribution in [0.3, 0.4) is 0 Å². The maximum Gasteiger partial charge on any atom is 0.417 e. The van der Waals surface area contributed by atoms with E-state index in [0.29, 0.717) is 24.3 Å². The third-order valence-corrected chi connectivity index (χ3v) is 5.88. The molecule has 0 spiro atoms. The SMILES string of the molecule is CCCC(=O)Nc1ccc(OCCCN(Cc2cccc(C(F)(F)F)c2)c2ccc(C#N)c(C(F)(F)F)c2)cc1. The standard InChI is InChI=1S/C29H27F6N3O2/c1-2-5-27(39)37-23-9-12-25(13-10-23)40-15-4-14-38(19-20-6-3-7-22(16-20)28(30,31)32)24-11-8-21(18-36)26(17-24)29(33,34)35/h3,6-13,16-17H,2,4-5,14-15,19H2,1H3,(H,37,39). The first-order valence-electron chi connectivity index (χ1n) is 12.5. The summed E-state index contributed by atoms with van der Waals surface area (Å²) in [6, 6.07) is 16.0. The lowest BCUT2D eigenvalue weighted by Crippen LogP contribution is -2.26. The van der Waals surface area contributed by atoms with Crippen LogP contribution in [0.4, 0.5) is 37.7 Å². The highest BCUT2D eigenvalue weighted by atomic mass is 19.4. The molecule has 0 saturated heterocycles. The molecule has 0 aliphatic rings. The van der Waals surface area contributed by atoms with Gasteiger partial charge in [0.2, 0.25) is 5.91 Å². The number of benzene rings is 3. The van der Waals surface area contributed by atoms with Crippen LogP contribution in [0.15, 0.2) is 66.7 Å². The molecule has 0 aliphatic carbocycles. The van der Waals surface area contributed by atoms with Crippen molar-refractivity contribution >= 4 is 17.3 Å². The summed E-state index contributed by atoms with van der Waals surface area (Å²) in [5, 5.41) is 11.9. The summed E-state index contributed by atoms with van der Waals surface area (Å²) in [6.07, 6.45) is -7.90. The van der Waals surface area contributed by atoms with Crippen molar-refractivity contribution in [2.24, 2.45) is 0 Å². The predicted octanol–water partition coefficient (Wildman–Crippen LogP) is 7.81. The Labute approximate surface area is 228 Å². The van der Waals surface area contributed by atoms with Crippen molar-refractivity contribution in [3.63, 3.8) is 0 Å². The van der Waals surface area contributed by atoms with E-state index in [2.05, 4.69) is 5.32 Å². The largest absolute Gasteiger partial charge is 0.494 e. The highest BCUT2D eigenvalue weighted by molar-refractivity contribution is 5.90. The number of rotatable bonds is 11. The molecule has 1 amide bonds. The molecule has 40 heavy (non-hydrogen) atoms. The zero-order valence-electron chi connectivity index (χ0n) is 21.6. The summed E-state index contributed by atoms with van der Waals surface area (Å²) in [4.78, 5) is 13.2. The Bertz CT molecular complexity index is 1330. The molecule has 0 fully saturated rings. The number of carbonyl (C=O) groups is 1. The number of nitrogens with one attached hydrogen (secondary N) is 1. The third-order valence-electron chi connectivity index (χ3n) is 5.88. The van der Waals surface area contributed by atoms with Gasteiger partial charge in [-0.1, -0.05) is 19.1 Å². The van der Waals surface area contributed by atoms with Crippen LogP contribution in [0.2, 0.25) is 0 Å². The highest BCUT2D eigenvalue weighted by Gasteiger charge is 2.34. The van der Waals surface area contributed by atoms with Crippen LogP contribution in [0, 0.1) is 11.3 Å². The molecule has 3 aromatic carbocycles. The van der Waals surface area contributed by atoms with Gasteiger partial charge in [-0.2, -0.15) is 31.6 Å². The Hall–Kier alpha value is -4.20. The van der Waals surface area contributed by atoms with Crippen LogP contribution in [-0.4, -0.2) is 19.1 Å². The number of amides is 1. The van der Waals surface area contributed by atoms with Gasteiger partial charge < -0.3 is 15.0 Å². The molecule has 0 saturated carbocycles. The van der Waals surface area contributed by atoms with E-state index in [4.69, 9.17) is 10.00 Å². The van der Waals surface area contributed by atoms with Crippen molar-refractivity contribution in [3.8, 4) is 11.8 Å². The van der Waals surface area contributed by atoms with Crippen LogP contribution in [0.5, 0.6) is 5.75 Å². The summed E-state index contributed by atoms with van der Waals surface area (Å²) in [6.45, 7) is 2.13. The number of ether oxygens (including phenoxy) is 1. The van der Waals surface area contributed by atoms with Crippen LogP contribution in [0.25, 0.3) is 0 Å². The fourth-order valence-electron chi connectivity index (χ4n) is 3.96. The van der Waals surface area contributed by atoms with Gasteiger partial charge in [0.25, 0.3) is 0 Å². The normalized spacial score (nSPS) is 11.6. The first kappa shape index (κ1) is 30.3. The Morgan fingerprint density at radius 3 is 2.33 bits per heavy atom. The molecule has 11 heteroatoms. The fraction of sp³-hybridized carbons (Fsp3) is 0.310. The van der Waals surface area contributed by atoms with Crippen molar-refractivity contribution in [1.82, 2.24) is 0 Å². The quantitative estimate of drug-likeness (QED) is 0.191. The topological polar surface area (TPSA) is 65.4 Å². The zero-order chi connectivity index (χ0) is 29.3. The van der Waals surface area contributed by atoms with Crippen LogP contribution in [0.1, 0.15) is 48.4 Å². The summed E-state index contributed by atoms with van der Waals surface area (Å²) in [5.74, 6) is 0.407. The van der Waals surface area contributed by atoms with E-state index in [9.17, 15) is 31.1 Å². The van der Waals surface area contributed by atoms with Gasteiger partial charge in [-0.05, 0) is 73.0 Å². The lowest BCUT2D eigenvalue weighted by atomic mass is 10.1. The van der Waals surface area contributed by atoms with E-state index in [0.717, 1.165) is 30.7 Å². The van der Waals surface area contributed by atoms with Gasteiger partial charge in [0.1, 0.15) is 5.75 Å². The van der Waals surface area contributed by atoms with Crippen LogP contribution < -0.4 is 15.0 Å². The number of nitrogens with zero attached hydrogens (tertiary/aromatic N) is 2. The number of carbonyl (C=O) groups excluding carboxylic acids is 1. The Kier molecular flexibility index (Phi) is 10.0. The number of halogens is 6. The van der Waals surface area contributed by atoms with Gasteiger partial charge in [-0.15, -0.1) is 0 Å². The van der Waals surface area contributed by atoms with E-state index in [1.165, 1.54) is 29.2 Å². The van der Waals surface area contributed by atoms with Crippen molar-refractivity contribution in [2.45, 2.75) is 45.1 Å². The molecule has 0 radical (unpaired) electrons. The Morgan fingerprint density at radius 2 is 1.70 bits per heavy atom. The Morgan fingerprint density at radius 1 is 0.975 bits per heavy atom. The molecular weight excluding hydrogens is 536 g/mol. The number of hydrogen-bond acceptors (Lipinski definition) is 4. The average Bonchev–Trinajstić information content (AvgIpc) is 2.90. The van der Waals surface area contributed by atoms with E-state index in [1.54, 1.807) is 24.3 Å². The zero-order valence-corrected chi connectivity index (χ0v) is 21.6. The highest BCUT2D eigenvalue weighted by Crippen LogP contribution is 2.35.